The van der Waals surface area contributed by atoms with Crippen molar-refractivity contribution >= 4 is 0 Å². The molecule has 0 fully saturated rings. The fourth-order valence-electron chi connectivity index (χ4n) is 2.00. The molecule has 0 saturated carbocycles. The molecule has 0 aliphatic heterocycles. The molecule has 0 amide bonds. The third-order valence-electron chi connectivity index (χ3n) is 3.45. The summed E-state index contributed by atoms with van der Waals surface area (Å²) in [6.45, 7) is 11.4. The standard InChI is InChI=1S/C16H25F2N/c1-6-16(5,11-19-15(2,3)4)10-12-7-13(17)9-14(18)8-12/h7-9,19H,6,10-11H2,1-5H3. The van der Waals surface area contributed by atoms with Crippen molar-refractivity contribution in [3.63, 3.8) is 0 Å². The van der Waals surface area contributed by atoms with E-state index in [1.165, 1.54) is 12.1 Å². The van der Waals surface area contributed by atoms with E-state index in [-0.39, 0.29) is 11.0 Å². The highest BCUT2D eigenvalue weighted by molar-refractivity contribution is 5.19. The number of hydrogen-bond acceptors (Lipinski definition) is 1. The maximum absolute atomic E-state index is 13.2. The van der Waals surface area contributed by atoms with Crippen molar-refractivity contribution in [3.05, 3.63) is 35.4 Å². The predicted octanol–water partition coefficient (Wildman–Crippen LogP) is 4.31. The zero-order valence-electron chi connectivity index (χ0n) is 12.6. The fourth-order valence-corrected chi connectivity index (χ4v) is 2.00. The molecule has 0 heterocycles. The first-order valence-electron chi connectivity index (χ1n) is 6.83. The summed E-state index contributed by atoms with van der Waals surface area (Å²) in [4.78, 5) is 0. The van der Waals surface area contributed by atoms with Crippen LogP contribution in [0.5, 0.6) is 0 Å². The minimum atomic E-state index is -0.503. The Balaban J connectivity index is 2.79. The van der Waals surface area contributed by atoms with Crippen molar-refractivity contribution < 1.29 is 8.78 Å². The Hall–Kier alpha value is -0.960. The molecule has 0 radical (unpaired) electrons. The van der Waals surface area contributed by atoms with Crippen molar-refractivity contribution in [3.8, 4) is 0 Å². The third kappa shape index (κ3) is 5.68. The van der Waals surface area contributed by atoms with E-state index in [1.54, 1.807) is 0 Å². The van der Waals surface area contributed by atoms with Crippen LogP contribution >= 0.6 is 0 Å². The topological polar surface area (TPSA) is 12.0 Å². The van der Waals surface area contributed by atoms with Crippen LogP contribution in [0.1, 0.15) is 46.6 Å². The maximum Gasteiger partial charge on any atom is 0.126 e. The third-order valence-corrected chi connectivity index (χ3v) is 3.45. The lowest BCUT2D eigenvalue weighted by atomic mass is 9.80. The fraction of sp³-hybridized carbons (Fsp3) is 0.625. The highest BCUT2D eigenvalue weighted by atomic mass is 19.1. The van der Waals surface area contributed by atoms with Crippen LogP contribution < -0.4 is 5.32 Å². The van der Waals surface area contributed by atoms with Gasteiger partial charge in [0.1, 0.15) is 11.6 Å². The van der Waals surface area contributed by atoms with Crippen LogP contribution in [-0.4, -0.2) is 12.1 Å². The monoisotopic (exact) mass is 269 g/mol. The molecule has 19 heavy (non-hydrogen) atoms. The van der Waals surface area contributed by atoms with Gasteiger partial charge in [0, 0.05) is 18.2 Å². The molecule has 1 nitrogen and oxygen atoms in total. The normalized spacial score (nSPS) is 15.3. The second-order valence-corrected chi connectivity index (χ2v) is 6.72. The van der Waals surface area contributed by atoms with E-state index in [2.05, 4.69) is 39.9 Å². The zero-order valence-corrected chi connectivity index (χ0v) is 12.6. The van der Waals surface area contributed by atoms with Gasteiger partial charge in [-0.1, -0.05) is 13.8 Å². The molecule has 1 unspecified atom stereocenters. The van der Waals surface area contributed by atoms with Crippen LogP contribution in [0.4, 0.5) is 8.78 Å². The van der Waals surface area contributed by atoms with E-state index in [0.29, 0.717) is 6.42 Å². The molecule has 108 valence electrons. The summed E-state index contributed by atoms with van der Waals surface area (Å²) in [5, 5.41) is 3.48. The van der Waals surface area contributed by atoms with E-state index in [4.69, 9.17) is 0 Å². The Morgan fingerprint density at radius 2 is 1.53 bits per heavy atom. The quantitative estimate of drug-likeness (QED) is 0.839. The summed E-state index contributed by atoms with van der Waals surface area (Å²) in [7, 11) is 0. The molecule has 1 N–H and O–H groups in total. The Bertz CT molecular complexity index is 403. The number of hydrogen-bond donors (Lipinski definition) is 1. The average molecular weight is 269 g/mol. The lowest BCUT2D eigenvalue weighted by Gasteiger charge is -2.33. The Kier molecular flexibility index (Phi) is 5.08. The molecular weight excluding hydrogens is 244 g/mol. The number of halogens is 2. The smallest absolute Gasteiger partial charge is 0.126 e. The second kappa shape index (κ2) is 6.00. The summed E-state index contributed by atoms with van der Waals surface area (Å²) in [5.41, 5.74) is 0.759. The van der Waals surface area contributed by atoms with Crippen LogP contribution in [-0.2, 0) is 6.42 Å². The first-order chi connectivity index (χ1) is 8.63. The molecule has 0 saturated heterocycles. The van der Waals surface area contributed by atoms with E-state index >= 15 is 0 Å². The van der Waals surface area contributed by atoms with Crippen LogP contribution in [0.25, 0.3) is 0 Å². The van der Waals surface area contributed by atoms with Gasteiger partial charge in [0.2, 0.25) is 0 Å². The van der Waals surface area contributed by atoms with Gasteiger partial charge in [-0.25, -0.2) is 8.78 Å². The molecule has 1 aromatic carbocycles. The molecule has 1 atom stereocenters. The van der Waals surface area contributed by atoms with Crippen LogP contribution in [0.2, 0.25) is 0 Å². The first kappa shape index (κ1) is 16.1. The Morgan fingerprint density at radius 3 is 1.95 bits per heavy atom. The van der Waals surface area contributed by atoms with Crippen molar-refractivity contribution in [2.75, 3.05) is 6.54 Å². The predicted molar refractivity (Wildman–Crippen MR) is 76.2 cm³/mol. The lowest BCUT2D eigenvalue weighted by Crippen LogP contribution is -2.43. The summed E-state index contributed by atoms with van der Waals surface area (Å²) in [5.74, 6) is -1.01. The van der Waals surface area contributed by atoms with Gasteiger partial charge in [-0.2, -0.15) is 0 Å². The van der Waals surface area contributed by atoms with Crippen molar-refractivity contribution in [2.45, 2.75) is 53.0 Å². The molecule has 1 rings (SSSR count). The van der Waals surface area contributed by atoms with Gasteiger partial charge >= 0.3 is 0 Å². The minimum absolute atomic E-state index is 0.00644. The molecule has 0 aromatic heterocycles. The van der Waals surface area contributed by atoms with Crippen LogP contribution in [0, 0.1) is 17.0 Å². The highest BCUT2D eigenvalue weighted by Gasteiger charge is 2.25. The van der Waals surface area contributed by atoms with Crippen molar-refractivity contribution in [1.29, 1.82) is 0 Å². The van der Waals surface area contributed by atoms with E-state index in [1.807, 2.05) is 0 Å². The average Bonchev–Trinajstić information content (AvgIpc) is 2.24. The van der Waals surface area contributed by atoms with Crippen LogP contribution in [0.15, 0.2) is 18.2 Å². The first-order valence-corrected chi connectivity index (χ1v) is 6.83. The SMILES string of the molecule is CCC(C)(CNC(C)(C)C)Cc1cc(F)cc(F)c1. The summed E-state index contributed by atoms with van der Waals surface area (Å²) in [6.07, 6.45) is 1.62. The largest absolute Gasteiger partial charge is 0.312 e. The highest BCUT2D eigenvalue weighted by Crippen LogP contribution is 2.27. The molecule has 0 aliphatic carbocycles. The molecular formula is C16H25F2N. The van der Waals surface area contributed by atoms with E-state index in [0.717, 1.165) is 24.6 Å². The van der Waals surface area contributed by atoms with Gasteiger partial charge in [0.15, 0.2) is 0 Å². The minimum Gasteiger partial charge on any atom is -0.312 e. The molecule has 0 spiro atoms. The summed E-state index contributed by atoms with van der Waals surface area (Å²) in [6, 6.07) is 3.77. The zero-order chi connectivity index (χ0) is 14.7. The van der Waals surface area contributed by atoms with Gasteiger partial charge in [-0.3, -0.25) is 0 Å². The molecule has 0 aliphatic rings. The van der Waals surface area contributed by atoms with Gasteiger partial charge < -0.3 is 5.32 Å². The molecule has 1 aromatic rings. The number of rotatable bonds is 5. The van der Waals surface area contributed by atoms with Crippen molar-refractivity contribution in [1.82, 2.24) is 5.32 Å². The van der Waals surface area contributed by atoms with E-state index in [9.17, 15) is 8.78 Å². The lowest BCUT2D eigenvalue weighted by molar-refractivity contribution is 0.254. The molecule has 3 heteroatoms. The van der Waals surface area contributed by atoms with Gasteiger partial charge in [-0.05, 0) is 56.7 Å². The second-order valence-electron chi connectivity index (χ2n) is 6.72. The van der Waals surface area contributed by atoms with E-state index < -0.39 is 11.6 Å². The van der Waals surface area contributed by atoms with Crippen molar-refractivity contribution in [2.24, 2.45) is 5.41 Å². The number of benzene rings is 1. The molecule has 0 bridgehead atoms. The van der Waals surface area contributed by atoms with Gasteiger partial charge in [-0.15, -0.1) is 0 Å². The number of nitrogens with one attached hydrogen (secondary N) is 1. The van der Waals surface area contributed by atoms with Gasteiger partial charge in [0.05, 0.1) is 0 Å². The van der Waals surface area contributed by atoms with Gasteiger partial charge in [0.25, 0.3) is 0 Å². The summed E-state index contributed by atoms with van der Waals surface area (Å²) < 4.78 is 26.5. The van der Waals surface area contributed by atoms with Crippen LogP contribution in [0.3, 0.4) is 0 Å². The Labute approximate surface area is 115 Å². The maximum atomic E-state index is 13.2. The Morgan fingerprint density at radius 1 is 1.00 bits per heavy atom. The summed E-state index contributed by atoms with van der Waals surface area (Å²) >= 11 is 0.